The van der Waals surface area contributed by atoms with Crippen molar-refractivity contribution < 1.29 is 9.18 Å². The summed E-state index contributed by atoms with van der Waals surface area (Å²) in [7, 11) is 0. The van der Waals surface area contributed by atoms with E-state index < -0.39 is 0 Å². The molecule has 1 amide bonds. The first-order valence-corrected chi connectivity index (χ1v) is 11.5. The van der Waals surface area contributed by atoms with Crippen molar-refractivity contribution in [3.8, 4) is 0 Å². The number of aromatic nitrogens is 1. The second-order valence-corrected chi connectivity index (χ2v) is 9.22. The average Bonchev–Trinajstić information content (AvgIpc) is 3.36. The van der Waals surface area contributed by atoms with E-state index in [1.165, 1.54) is 12.1 Å². The van der Waals surface area contributed by atoms with Crippen LogP contribution in [0.2, 0.25) is 0 Å². The highest BCUT2D eigenvalue weighted by Gasteiger charge is 2.18. The molecule has 7 heteroatoms. The summed E-state index contributed by atoms with van der Waals surface area (Å²) in [6.07, 6.45) is 0. The quantitative estimate of drug-likeness (QED) is 0.414. The van der Waals surface area contributed by atoms with Crippen molar-refractivity contribution >= 4 is 50.6 Å². The van der Waals surface area contributed by atoms with Crippen LogP contribution in [0, 0.1) is 5.82 Å². The van der Waals surface area contributed by atoms with Crippen molar-refractivity contribution in [3.05, 3.63) is 87.3 Å². The zero-order valence-electron chi connectivity index (χ0n) is 14.8. The topological polar surface area (TPSA) is 42.0 Å². The number of thioether (sulfide) groups is 1. The lowest BCUT2D eigenvalue weighted by atomic mass is 10.1. The van der Waals surface area contributed by atoms with Crippen LogP contribution in [0.15, 0.2) is 66.0 Å². The lowest BCUT2D eigenvalue weighted by Gasteiger charge is -2.18. The van der Waals surface area contributed by atoms with Gasteiger partial charge in [-0.2, -0.15) is 0 Å². The van der Waals surface area contributed by atoms with Crippen LogP contribution in [0.5, 0.6) is 0 Å². The molecule has 2 heterocycles. The lowest BCUT2D eigenvalue weighted by molar-refractivity contribution is -0.119. The zero-order valence-corrected chi connectivity index (χ0v) is 17.3. The second-order valence-electron chi connectivity index (χ2n) is 6.14. The summed E-state index contributed by atoms with van der Waals surface area (Å²) in [6.45, 7) is 0. The van der Waals surface area contributed by atoms with Gasteiger partial charge in [-0.05, 0) is 41.3 Å². The van der Waals surface area contributed by atoms with Gasteiger partial charge in [0.05, 0.1) is 22.0 Å². The van der Waals surface area contributed by atoms with E-state index in [0.717, 1.165) is 25.7 Å². The number of thiophene rings is 1. The predicted octanol–water partition coefficient (Wildman–Crippen LogP) is 5.64. The minimum atomic E-state index is -0.286. The Hall–Kier alpha value is -2.22. The van der Waals surface area contributed by atoms with E-state index in [9.17, 15) is 9.18 Å². The first-order chi connectivity index (χ1) is 13.7. The Bertz CT molecular complexity index is 1030. The number of carbonyl (C=O) groups is 1. The molecular weight excluding hydrogens is 411 g/mol. The number of hydrogen-bond acceptors (Lipinski definition) is 5. The number of halogens is 1. The Balaban J connectivity index is 1.38. The van der Waals surface area contributed by atoms with Gasteiger partial charge in [0.25, 0.3) is 0 Å². The summed E-state index contributed by atoms with van der Waals surface area (Å²) >= 11 is 4.78. The number of amides is 1. The normalized spacial score (nSPS) is 12.2. The summed E-state index contributed by atoms with van der Waals surface area (Å²) in [4.78, 5) is 18.2. The summed E-state index contributed by atoms with van der Waals surface area (Å²) in [6, 6.07) is 18.0. The zero-order chi connectivity index (χ0) is 19.3. The molecule has 0 fully saturated rings. The molecule has 4 rings (SSSR count). The molecule has 1 unspecified atom stereocenters. The third-order valence-corrected chi connectivity index (χ3v) is 7.23. The maximum Gasteiger partial charge on any atom is 0.230 e. The van der Waals surface area contributed by atoms with Gasteiger partial charge in [0.1, 0.15) is 10.8 Å². The Morgan fingerprint density at radius 3 is 2.68 bits per heavy atom. The third kappa shape index (κ3) is 4.60. The van der Waals surface area contributed by atoms with Crippen LogP contribution < -0.4 is 5.32 Å². The van der Waals surface area contributed by atoms with Gasteiger partial charge in [0, 0.05) is 10.6 Å². The van der Waals surface area contributed by atoms with E-state index >= 15 is 0 Å². The van der Waals surface area contributed by atoms with Crippen molar-refractivity contribution in [2.24, 2.45) is 0 Å². The van der Waals surface area contributed by atoms with Gasteiger partial charge < -0.3 is 5.32 Å². The number of carbonyl (C=O) groups excluding carboxylic acids is 1. The number of nitrogens with one attached hydrogen (secondary N) is 1. The Labute approximate surface area is 174 Å². The Morgan fingerprint density at radius 2 is 1.93 bits per heavy atom. The summed E-state index contributed by atoms with van der Waals surface area (Å²) in [5.74, 6) is 0.714. The molecule has 4 aromatic rings. The van der Waals surface area contributed by atoms with Gasteiger partial charge in [-0.1, -0.05) is 30.3 Å². The standard InChI is InChI=1S/C21H17FN2OS3/c22-15-9-7-14(8-10-15)21(18-6-3-11-27-18)24-19(25)12-26-13-20-23-16-4-1-2-5-17(16)28-20/h1-11,21H,12-13H2,(H,24,25). The van der Waals surface area contributed by atoms with Crippen LogP contribution in [0.25, 0.3) is 10.2 Å². The molecule has 0 saturated carbocycles. The van der Waals surface area contributed by atoms with E-state index in [-0.39, 0.29) is 17.8 Å². The molecule has 28 heavy (non-hydrogen) atoms. The molecule has 0 aliphatic heterocycles. The number of thiazole rings is 1. The fraction of sp³-hybridized carbons (Fsp3) is 0.143. The fourth-order valence-corrected chi connectivity index (χ4v) is 5.51. The van der Waals surface area contributed by atoms with Crippen LogP contribution in [-0.4, -0.2) is 16.6 Å². The molecule has 0 aliphatic rings. The van der Waals surface area contributed by atoms with Crippen molar-refractivity contribution in [3.63, 3.8) is 0 Å². The molecule has 1 N–H and O–H groups in total. The minimum Gasteiger partial charge on any atom is -0.344 e. The SMILES string of the molecule is O=C(CSCc1nc2ccccc2s1)NC(c1ccc(F)cc1)c1cccs1. The number of benzene rings is 2. The second kappa shape index (κ2) is 8.86. The molecule has 0 bridgehead atoms. The predicted molar refractivity (Wildman–Crippen MR) is 116 cm³/mol. The van der Waals surface area contributed by atoms with Gasteiger partial charge >= 0.3 is 0 Å². The maximum atomic E-state index is 13.3. The van der Waals surface area contributed by atoms with Crippen LogP contribution >= 0.6 is 34.4 Å². The van der Waals surface area contributed by atoms with Crippen LogP contribution in [0.3, 0.4) is 0 Å². The van der Waals surface area contributed by atoms with E-state index in [4.69, 9.17) is 0 Å². The molecule has 2 aromatic heterocycles. The van der Waals surface area contributed by atoms with Crippen molar-refractivity contribution in [1.82, 2.24) is 10.3 Å². The number of hydrogen-bond donors (Lipinski definition) is 1. The number of para-hydroxylation sites is 1. The molecule has 2 aromatic carbocycles. The first-order valence-electron chi connectivity index (χ1n) is 8.69. The largest absolute Gasteiger partial charge is 0.344 e. The van der Waals surface area contributed by atoms with Gasteiger partial charge in [-0.3, -0.25) is 4.79 Å². The van der Waals surface area contributed by atoms with Crippen LogP contribution in [0.1, 0.15) is 21.5 Å². The van der Waals surface area contributed by atoms with Gasteiger partial charge in [0.15, 0.2) is 0 Å². The first kappa shape index (κ1) is 19.1. The van der Waals surface area contributed by atoms with Gasteiger partial charge in [0.2, 0.25) is 5.91 Å². The third-order valence-electron chi connectivity index (χ3n) is 4.13. The molecule has 3 nitrogen and oxygen atoms in total. The van der Waals surface area contributed by atoms with Gasteiger partial charge in [-0.15, -0.1) is 34.4 Å². The van der Waals surface area contributed by atoms with Crippen molar-refractivity contribution in [1.29, 1.82) is 0 Å². The average molecular weight is 429 g/mol. The molecular formula is C21H17FN2OS3. The Morgan fingerprint density at radius 1 is 1.11 bits per heavy atom. The fourth-order valence-electron chi connectivity index (χ4n) is 2.84. The number of fused-ring (bicyclic) bond motifs is 1. The number of rotatable bonds is 7. The Kier molecular flexibility index (Phi) is 6.04. The van der Waals surface area contributed by atoms with E-state index in [1.807, 2.05) is 35.7 Å². The molecule has 0 spiro atoms. The van der Waals surface area contributed by atoms with E-state index in [0.29, 0.717) is 11.5 Å². The van der Waals surface area contributed by atoms with Gasteiger partial charge in [-0.25, -0.2) is 9.37 Å². The summed E-state index contributed by atoms with van der Waals surface area (Å²) < 4.78 is 14.4. The van der Waals surface area contributed by atoms with Crippen LogP contribution in [0.4, 0.5) is 4.39 Å². The monoisotopic (exact) mass is 428 g/mol. The molecule has 1 atom stereocenters. The highest BCUT2D eigenvalue weighted by molar-refractivity contribution is 7.99. The maximum absolute atomic E-state index is 13.3. The molecule has 142 valence electrons. The summed E-state index contributed by atoms with van der Waals surface area (Å²) in [5, 5.41) is 6.07. The smallest absolute Gasteiger partial charge is 0.230 e. The lowest BCUT2D eigenvalue weighted by Crippen LogP contribution is -2.30. The summed E-state index contributed by atoms with van der Waals surface area (Å²) in [5.41, 5.74) is 1.87. The van der Waals surface area contributed by atoms with E-state index in [1.54, 1.807) is 46.6 Å². The molecule has 0 radical (unpaired) electrons. The highest BCUT2D eigenvalue weighted by Crippen LogP contribution is 2.27. The number of nitrogens with zero attached hydrogens (tertiary/aromatic N) is 1. The van der Waals surface area contributed by atoms with Crippen molar-refractivity contribution in [2.75, 3.05) is 5.75 Å². The molecule has 0 saturated heterocycles. The van der Waals surface area contributed by atoms with Crippen LogP contribution in [-0.2, 0) is 10.5 Å². The van der Waals surface area contributed by atoms with Crippen molar-refractivity contribution in [2.45, 2.75) is 11.8 Å². The minimum absolute atomic E-state index is 0.0474. The highest BCUT2D eigenvalue weighted by atomic mass is 32.2. The molecule has 0 aliphatic carbocycles. The van der Waals surface area contributed by atoms with E-state index in [2.05, 4.69) is 16.4 Å².